The Balaban J connectivity index is 1.85. The predicted octanol–water partition coefficient (Wildman–Crippen LogP) is 4.59. The summed E-state index contributed by atoms with van der Waals surface area (Å²) >= 11 is 1.86. The fourth-order valence-electron chi connectivity index (χ4n) is 3.13. The van der Waals surface area contributed by atoms with E-state index < -0.39 is 0 Å². The molecule has 1 aliphatic heterocycles. The van der Waals surface area contributed by atoms with Crippen molar-refractivity contribution in [2.75, 3.05) is 11.4 Å². The first-order chi connectivity index (χ1) is 11.3. The summed E-state index contributed by atoms with van der Waals surface area (Å²) in [5.41, 5.74) is 3.84. The van der Waals surface area contributed by atoms with Gasteiger partial charge in [0.25, 0.3) is 0 Å². The highest BCUT2D eigenvalue weighted by Crippen LogP contribution is 2.46. The van der Waals surface area contributed by atoms with E-state index in [0.29, 0.717) is 0 Å². The average Bonchev–Trinajstić information content (AvgIpc) is 2.94. The van der Waals surface area contributed by atoms with E-state index in [1.54, 1.807) is 0 Å². The SMILES string of the molecule is CCN1/C(=C/c2cc[n+](C)c3ccccc23)Sc2ccccc21. The van der Waals surface area contributed by atoms with Crippen molar-refractivity contribution in [3.8, 4) is 0 Å². The molecule has 2 nitrogen and oxygen atoms in total. The number of para-hydroxylation sites is 2. The Morgan fingerprint density at radius 3 is 2.70 bits per heavy atom. The summed E-state index contributed by atoms with van der Waals surface area (Å²) in [4.78, 5) is 3.73. The molecule has 3 aromatic rings. The van der Waals surface area contributed by atoms with E-state index >= 15 is 0 Å². The Hall–Kier alpha value is -2.26. The molecule has 0 aliphatic carbocycles. The lowest BCUT2D eigenvalue weighted by atomic mass is 10.1. The molecule has 2 heterocycles. The summed E-state index contributed by atoms with van der Waals surface area (Å²) < 4.78 is 2.17. The van der Waals surface area contributed by atoms with Crippen LogP contribution in [0.25, 0.3) is 17.0 Å². The van der Waals surface area contributed by atoms with Crippen LogP contribution in [0.2, 0.25) is 0 Å². The molecular weight excluding hydrogens is 300 g/mol. The lowest BCUT2D eigenvalue weighted by Gasteiger charge is -2.18. The van der Waals surface area contributed by atoms with E-state index in [1.807, 2.05) is 11.8 Å². The van der Waals surface area contributed by atoms with Gasteiger partial charge in [0, 0.05) is 23.6 Å². The Kier molecular flexibility index (Phi) is 3.58. The maximum absolute atomic E-state index is 2.39. The summed E-state index contributed by atoms with van der Waals surface area (Å²) in [6, 6.07) is 19.4. The Labute approximate surface area is 141 Å². The second-order valence-corrected chi connectivity index (χ2v) is 6.76. The Morgan fingerprint density at radius 1 is 1.04 bits per heavy atom. The van der Waals surface area contributed by atoms with E-state index in [9.17, 15) is 0 Å². The Bertz CT molecular complexity index is 914. The van der Waals surface area contributed by atoms with Crippen molar-refractivity contribution in [3.05, 3.63) is 71.4 Å². The number of anilines is 1. The number of aryl methyl sites for hydroxylation is 1. The summed E-state index contributed by atoms with van der Waals surface area (Å²) in [7, 11) is 2.10. The lowest BCUT2D eigenvalue weighted by molar-refractivity contribution is -0.644. The van der Waals surface area contributed by atoms with Gasteiger partial charge in [-0.1, -0.05) is 36.0 Å². The van der Waals surface area contributed by atoms with Gasteiger partial charge in [0.15, 0.2) is 6.20 Å². The summed E-state index contributed by atoms with van der Waals surface area (Å²) in [6.07, 6.45) is 4.45. The smallest absolute Gasteiger partial charge is 0.212 e. The van der Waals surface area contributed by atoms with Crippen molar-refractivity contribution in [1.82, 2.24) is 0 Å². The maximum atomic E-state index is 2.39. The molecule has 0 saturated carbocycles. The number of rotatable bonds is 2. The minimum absolute atomic E-state index is 0.981. The first-order valence-corrected chi connectivity index (χ1v) is 8.73. The minimum atomic E-state index is 0.981. The molecule has 0 fully saturated rings. The van der Waals surface area contributed by atoms with E-state index in [0.717, 1.165) is 6.54 Å². The number of nitrogens with zero attached hydrogens (tertiary/aromatic N) is 2. The fraction of sp³-hybridized carbons (Fsp3) is 0.150. The molecule has 0 spiro atoms. The molecule has 23 heavy (non-hydrogen) atoms. The quantitative estimate of drug-likeness (QED) is 0.638. The van der Waals surface area contributed by atoms with Crippen LogP contribution < -0.4 is 9.47 Å². The van der Waals surface area contributed by atoms with Gasteiger partial charge in [0.1, 0.15) is 7.05 Å². The normalized spacial score (nSPS) is 15.4. The van der Waals surface area contributed by atoms with Crippen LogP contribution in [-0.2, 0) is 7.05 Å². The highest BCUT2D eigenvalue weighted by molar-refractivity contribution is 8.03. The molecule has 4 rings (SSSR count). The van der Waals surface area contributed by atoms with Gasteiger partial charge in [0.2, 0.25) is 5.52 Å². The first-order valence-electron chi connectivity index (χ1n) is 7.91. The van der Waals surface area contributed by atoms with Crippen LogP contribution in [0, 0.1) is 0 Å². The van der Waals surface area contributed by atoms with E-state index in [4.69, 9.17) is 0 Å². The highest BCUT2D eigenvalue weighted by Gasteiger charge is 2.23. The number of benzene rings is 2. The number of thioether (sulfide) groups is 1. The van der Waals surface area contributed by atoms with Crippen molar-refractivity contribution >= 4 is 34.4 Å². The number of hydrogen-bond acceptors (Lipinski definition) is 2. The van der Waals surface area contributed by atoms with Crippen LogP contribution in [0.3, 0.4) is 0 Å². The lowest BCUT2D eigenvalue weighted by Crippen LogP contribution is -2.28. The molecule has 114 valence electrons. The number of pyridine rings is 1. The zero-order valence-electron chi connectivity index (χ0n) is 13.4. The molecule has 1 aliphatic rings. The largest absolute Gasteiger partial charge is 0.335 e. The predicted molar refractivity (Wildman–Crippen MR) is 98.4 cm³/mol. The summed E-state index contributed by atoms with van der Waals surface area (Å²) in [5, 5.41) is 2.59. The molecule has 2 aromatic carbocycles. The van der Waals surface area contributed by atoms with Gasteiger partial charge in [-0.15, -0.1) is 0 Å². The molecule has 0 N–H and O–H groups in total. The van der Waals surface area contributed by atoms with Gasteiger partial charge < -0.3 is 4.90 Å². The van der Waals surface area contributed by atoms with Crippen LogP contribution in [-0.4, -0.2) is 6.54 Å². The minimum Gasteiger partial charge on any atom is -0.335 e. The summed E-state index contributed by atoms with van der Waals surface area (Å²) in [6.45, 7) is 3.19. The third kappa shape index (κ3) is 2.41. The van der Waals surface area contributed by atoms with Crippen molar-refractivity contribution in [3.63, 3.8) is 0 Å². The van der Waals surface area contributed by atoms with Crippen LogP contribution >= 0.6 is 11.8 Å². The number of hydrogen-bond donors (Lipinski definition) is 0. The van der Waals surface area contributed by atoms with Gasteiger partial charge in [-0.05, 0) is 36.8 Å². The molecular formula is C20H19N2S+. The van der Waals surface area contributed by atoms with Crippen LogP contribution in [0.15, 0.2) is 70.7 Å². The summed E-state index contributed by atoms with van der Waals surface area (Å²) in [5.74, 6) is 0. The van der Waals surface area contributed by atoms with Crippen molar-refractivity contribution in [2.45, 2.75) is 11.8 Å². The van der Waals surface area contributed by atoms with Crippen molar-refractivity contribution < 1.29 is 4.57 Å². The molecule has 0 atom stereocenters. The molecule has 0 amide bonds. The van der Waals surface area contributed by atoms with Gasteiger partial charge >= 0.3 is 0 Å². The van der Waals surface area contributed by atoms with Crippen molar-refractivity contribution in [2.24, 2.45) is 7.05 Å². The molecule has 0 bridgehead atoms. The van der Waals surface area contributed by atoms with Gasteiger partial charge in [0.05, 0.1) is 16.1 Å². The fourth-order valence-corrected chi connectivity index (χ4v) is 4.31. The highest BCUT2D eigenvalue weighted by atomic mass is 32.2. The monoisotopic (exact) mass is 319 g/mol. The molecule has 3 heteroatoms. The zero-order valence-corrected chi connectivity index (χ0v) is 14.2. The third-order valence-corrected chi connectivity index (χ3v) is 5.42. The van der Waals surface area contributed by atoms with Crippen molar-refractivity contribution in [1.29, 1.82) is 0 Å². The van der Waals surface area contributed by atoms with E-state index in [1.165, 1.54) is 32.1 Å². The van der Waals surface area contributed by atoms with Gasteiger partial charge in [-0.2, -0.15) is 0 Å². The second-order valence-electron chi connectivity index (χ2n) is 5.70. The van der Waals surface area contributed by atoms with Crippen LogP contribution in [0.4, 0.5) is 5.69 Å². The molecule has 1 aromatic heterocycles. The molecule has 0 saturated heterocycles. The van der Waals surface area contributed by atoms with Gasteiger partial charge in [-0.25, -0.2) is 4.57 Å². The topological polar surface area (TPSA) is 7.12 Å². The van der Waals surface area contributed by atoms with Crippen LogP contribution in [0.1, 0.15) is 12.5 Å². The number of aromatic nitrogens is 1. The maximum Gasteiger partial charge on any atom is 0.212 e. The van der Waals surface area contributed by atoms with Gasteiger partial charge in [-0.3, -0.25) is 0 Å². The Morgan fingerprint density at radius 2 is 1.83 bits per heavy atom. The van der Waals surface area contributed by atoms with Crippen LogP contribution in [0.5, 0.6) is 0 Å². The average molecular weight is 319 g/mol. The zero-order chi connectivity index (χ0) is 15.8. The number of fused-ring (bicyclic) bond motifs is 2. The second kappa shape index (κ2) is 5.74. The molecule has 0 radical (unpaired) electrons. The standard InChI is InChI=1S/C20H19N2S/c1-3-22-18-10-6-7-11-19(18)23-20(22)14-15-12-13-21(2)17-9-5-4-8-16(15)17/h4-14H,3H2,1-2H3/q+1. The molecule has 0 unspecified atom stereocenters. The van der Waals surface area contributed by atoms with E-state index in [2.05, 4.69) is 90.3 Å². The first kappa shape index (κ1) is 14.3. The third-order valence-electron chi connectivity index (χ3n) is 4.30. The van der Waals surface area contributed by atoms with E-state index in [-0.39, 0.29) is 0 Å².